The number of nitrogens with zero attached hydrogens (tertiary/aromatic N) is 2. The van der Waals surface area contributed by atoms with Crippen LogP contribution in [0.4, 0.5) is 11.4 Å². The molecule has 1 aromatic heterocycles. The first-order chi connectivity index (χ1) is 12.2. The van der Waals surface area contributed by atoms with Gasteiger partial charge in [-0.2, -0.15) is 0 Å². The molecule has 0 atom stereocenters. The third kappa shape index (κ3) is 4.48. The Morgan fingerprint density at radius 3 is 2.64 bits per heavy atom. The Hall–Kier alpha value is -2.60. The summed E-state index contributed by atoms with van der Waals surface area (Å²) in [7, 11) is 0. The van der Waals surface area contributed by atoms with Crippen molar-refractivity contribution in [3.05, 3.63) is 54.2 Å². The lowest BCUT2D eigenvalue weighted by Crippen LogP contribution is -2.23. The van der Waals surface area contributed by atoms with Gasteiger partial charge in [-0.1, -0.05) is 12.1 Å². The average molecular weight is 353 g/mol. The van der Waals surface area contributed by atoms with Gasteiger partial charge in [0.2, 0.25) is 11.8 Å². The van der Waals surface area contributed by atoms with E-state index < -0.39 is 0 Å². The van der Waals surface area contributed by atoms with E-state index in [2.05, 4.69) is 10.3 Å². The van der Waals surface area contributed by atoms with E-state index in [1.165, 1.54) is 6.08 Å². The molecule has 3 rings (SSSR count). The summed E-state index contributed by atoms with van der Waals surface area (Å²) in [6, 6.07) is 11.3. The Kier molecular flexibility index (Phi) is 5.50. The Morgan fingerprint density at radius 1 is 1.24 bits per heavy atom. The highest BCUT2D eigenvalue weighted by molar-refractivity contribution is 7.98. The highest BCUT2D eigenvalue weighted by Crippen LogP contribution is 2.22. The fourth-order valence-corrected chi connectivity index (χ4v) is 2.98. The van der Waals surface area contributed by atoms with Crippen molar-refractivity contribution in [2.24, 2.45) is 0 Å². The molecule has 1 aromatic carbocycles. The van der Waals surface area contributed by atoms with Crippen LogP contribution in [0.5, 0.6) is 0 Å². The van der Waals surface area contributed by atoms with Gasteiger partial charge in [0.05, 0.1) is 16.9 Å². The summed E-state index contributed by atoms with van der Waals surface area (Å²) >= 11 is 1.55. The van der Waals surface area contributed by atoms with E-state index in [-0.39, 0.29) is 11.8 Å². The molecule has 0 spiro atoms. The van der Waals surface area contributed by atoms with Gasteiger partial charge >= 0.3 is 0 Å². The van der Waals surface area contributed by atoms with Crippen LogP contribution in [0.1, 0.15) is 18.4 Å². The van der Waals surface area contributed by atoms with Crippen molar-refractivity contribution >= 4 is 41.0 Å². The van der Waals surface area contributed by atoms with Gasteiger partial charge in [0.15, 0.2) is 0 Å². The summed E-state index contributed by atoms with van der Waals surface area (Å²) in [5, 5.41) is 3.68. The van der Waals surface area contributed by atoms with E-state index in [1.807, 2.05) is 42.7 Å². The molecule has 0 unspecified atom stereocenters. The summed E-state index contributed by atoms with van der Waals surface area (Å²) in [6.07, 6.45) is 8.35. The Bertz CT molecular complexity index is 785. The Morgan fingerprint density at radius 2 is 2.04 bits per heavy atom. The second-order valence-corrected chi connectivity index (χ2v) is 6.48. The van der Waals surface area contributed by atoms with E-state index in [4.69, 9.17) is 0 Å². The number of carbonyl (C=O) groups excluding carboxylic acids is 2. The smallest absolute Gasteiger partial charge is 0.248 e. The van der Waals surface area contributed by atoms with Crippen molar-refractivity contribution in [3.8, 4) is 0 Å². The van der Waals surface area contributed by atoms with E-state index in [0.717, 1.165) is 29.2 Å². The molecule has 6 heteroatoms. The minimum Gasteiger partial charge on any atom is -0.321 e. The van der Waals surface area contributed by atoms with Crippen molar-refractivity contribution in [1.29, 1.82) is 0 Å². The number of carbonyl (C=O) groups is 2. The molecule has 0 saturated carbocycles. The molecule has 2 heterocycles. The van der Waals surface area contributed by atoms with Crippen LogP contribution in [0, 0.1) is 0 Å². The number of benzene rings is 1. The van der Waals surface area contributed by atoms with Gasteiger partial charge in [-0.15, -0.1) is 11.8 Å². The molecule has 128 valence electrons. The second kappa shape index (κ2) is 7.98. The van der Waals surface area contributed by atoms with Gasteiger partial charge in [0, 0.05) is 24.7 Å². The van der Waals surface area contributed by atoms with Gasteiger partial charge in [-0.25, -0.2) is 4.98 Å². The number of anilines is 2. The number of hydrogen-bond donors (Lipinski definition) is 1. The highest BCUT2D eigenvalue weighted by atomic mass is 32.2. The maximum Gasteiger partial charge on any atom is 0.248 e. The van der Waals surface area contributed by atoms with Crippen LogP contribution in [0.15, 0.2) is 53.7 Å². The molecule has 0 bridgehead atoms. The van der Waals surface area contributed by atoms with Gasteiger partial charge in [-0.3, -0.25) is 9.59 Å². The Labute approximate surface area is 151 Å². The van der Waals surface area contributed by atoms with Crippen LogP contribution in [-0.4, -0.2) is 29.6 Å². The molecular weight excluding hydrogens is 334 g/mol. The fourth-order valence-electron chi connectivity index (χ4n) is 2.62. The molecule has 0 aliphatic carbocycles. The Balaban J connectivity index is 1.59. The summed E-state index contributed by atoms with van der Waals surface area (Å²) < 4.78 is 0. The topological polar surface area (TPSA) is 62.3 Å². The lowest BCUT2D eigenvalue weighted by molar-refractivity contribution is -0.117. The fraction of sp³-hybridized carbons (Fsp3) is 0.211. The SMILES string of the molecule is CSc1ccc(NC(=O)/C=C/c2ccc(N3CCCC3=O)cc2)cn1. The lowest BCUT2D eigenvalue weighted by atomic mass is 10.2. The molecule has 2 aromatic rings. The van der Waals surface area contributed by atoms with Gasteiger partial charge in [0.1, 0.15) is 0 Å². The van der Waals surface area contributed by atoms with Crippen LogP contribution in [0.2, 0.25) is 0 Å². The van der Waals surface area contributed by atoms with Crippen LogP contribution in [0.3, 0.4) is 0 Å². The number of thioether (sulfide) groups is 1. The normalized spacial score (nSPS) is 14.3. The van der Waals surface area contributed by atoms with Crippen molar-refractivity contribution in [2.75, 3.05) is 23.0 Å². The maximum atomic E-state index is 12.0. The number of aromatic nitrogens is 1. The zero-order valence-electron chi connectivity index (χ0n) is 13.9. The lowest BCUT2D eigenvalue weighted by Gasteiger charge is -2.15. The first-order valence-electron chi connectivity index (χ1n) is 8.05. The zero-order chi connectivity index (χ0) is 17.6. The van der Waals surface area contributed by atoms with E-state index in [9.17, 15) is 9.59 Å². The maximum absolute atomic E-state index is 12.0. The van der Waals surface area contributed by atoms with Crippen molar-refractivity contribution in [3.63, 3.8) is 0 Å². The molecule has 5 nitrogen and oxygen atoms in total. The standard InChI is InChI=1S/C19H19N3O2S/c1-25-18-11-7-15(13-20-18)21-17(23)10-6-14-4-8-16(9-5-14)22-12-2-3-19(22)24/h4-11,13H,2-3,12H2,1H3,(H,21,23)/b10-6+. The minimum atomic E-state index is -0.211. The van der Waals surface area contributed by atoms with Gasteiger partial charge in [-0.05, 0) is 48.6 Å². The first kappa shape index (κ1) is 17.2. The van der Waals surface area contributed by atoms with E-state index >= 15 is 0 Å². The van der Waals surface area contributed by atoms with Crippen molar-refractivity contribution < 1.29 is 9.59 Å². The zero-order valence-corrected chi connectivity index (χ0v) is 14.8. The van der Waals surface area contributed by atoms with Gasteiger partial charge < -0.3 is 10.2 Å². The molecule has 1 fully saturated rings. The van der Waals surface area contributed by atoms with Crippen LogP contribution >= 0.6 is 11.8 Å². The molecule has 2 amide bonds. The third-order valence-corrected chi connectivity index (χ3v) is 4.58. The number of pyridine rings is 1. The molecule has 1 aliphatic heterocycles. The number of rotatable bonds is 5. The average Bonchev–Trinajstić information content (AvgIpc) is 3.07. The minimum absolute atomic E-state index is 0.170. The van der Waals surface area contributed by atoms with Crippen molar-refractivity contribution in [1.82, 2.24) is 4.98 Å². The molecular formula is C19H19N3O2S. The van der Waals surface area contributed by atoms with E-state index in [0.29, 0.717) is 12.1 Å². The molecule has 1 saturated heterocycles. The quantitative estimate of drug-likeness (QED) is 0.659. The molecule has 1 N–H and O–H groups in total. The summed E-state index contributed by atoms with van der Waals surface area (Å²) in [5.41, 5.74) is 2.47. The summed E-state index contributed by atoms with van der Waals surface area (Å²) in [5.74, 6) is -0.0405. The summed E-state index contributed by atoms with van der Waals surface area (Å²) in [6.45, 7) is 0.778. The predicted molar refractivity (Wildman–Crippen MR) is 102 cm³/mol. The number of hydrogen-bond acceptors (Lipinski definition) is 4. The third-order valence-electron chi connectivity index (χ3n) is 3.92. The van der Waals surface area contributed by atoms with Gasteiger partial charge in [0.25, 0.3) is 0 Å². The first-order valence-corrected chi connectivity index (χ1v) is 9.28. The predicted octanol–water partition coefficient (Wildman–Crippen LogP) is 3.58. The number of nitrogens with one attached hydrogen (secondary N) is 1. The van der Waals surface area contributed by atoms with Crippen LogP contribution in [-0.2, 0) is 9.59 Å². The monoisotopic (exact) mass is 353 g/mol. The van der Waals surface area contributed by atoms with Crippen molar-refractivity contribution in [2.45, 2.75) is 17.9 Å². The van der Waals surface area contributed by atoms with E-state index in [1.54, 1.807) is 28.9 Å². The summed E-state index contributed by atoms with van der Waals surface area (Å²) in [4.78, 5) is 29.7. The molecule has 0 radical (unpaired) electrons. The van der Waals surface area contributed by atoms with Crippen LogP contribution < -0.4 is 10.2 Å². The molecule has 1 aliphatic rings. The number of amides is 2. The highest BCUT2D eigenvalue weighted by Gasteiger charge is 2.21. The largest absolute Gasteiger partial charge is 0.321 e. The molecule has 25 heavy (non-hydrogen) atoms. The second-order valence-electron chi connectivity index (χ2n) is 5.65. The van der Waals surface area contributed by atoms with Crippen LogP contribution in [0.25, 0.3) is 6.08 Å².